The highest BCUT2D eigenvalue weighted by Gasteiger charge is 2.56. The standard InChI is InChI=1S/C13H23N.ClH/c1-9-3-2-6-13(8-9)11-5-4-10(7-11)12(13)14;/h9-12H,2-8,14H2,1H3;1H/t9-,10+,11-,12+,13-;/m0./s1. The van der Waals surface area contributed by atoms with Crippen molar-refractivity contribution in [1.29, 1.82) is 0 Å². The van der Waals surface area contributed by atoms with Crippen LogP contribution in [0.3, 0.4) is 0 Å². The van der Waals surface area contributed by atoms with E-state index in [4.69, 9.17) is 5.73 Å². The van der Waals surface area contributed by atoms with Gasteiger partial charge < -0.3 is 5.73 Å². The molecular formula is C13H24ClN. The van der Waals surface area contributed by atoms with E-state index in [9.17, 15) is 0 Å². The Kier molecular flexibility index (Phi) is 3.07. The Hall–Kier alpha value is 0.250. The number of hydrogen-bond donors (Lipinski definition) is 1. The number of halogens is 1. The van der Waals surface area contributed by atoms with Gasteiger partial charge in [0.2, 0.25) is 0 Å². The topological polar surface area (TPSA) is 26.0 Å². The second-order valence-corrected chi connectivity index (χ2v) is 6.23. The van der Waals surface area contributed by atoms with Crippen LogP contribution in [0.25, 0.3) is 0 Å². The van der Waals surface area contributed by atoms with Crippen molar-refractivity contribution in [3.8, 4) is 0 Å². The van der Waals surface area contributed by atoms with Gasteiger partial charge in [-0.2, -0.15) is 0 Å². The van der Waals surface area contributed by atoms with Gasteiger partial charge in [-0.05, 0) is 55.3 Å². The molecule has 0 saturated heterocycles. The molecule has 0 unspecified atom stereocenters. The van der Waals surface area contributed by atoms with E-state index in [0.717, 1.165) is 17.8 Å². The van der Waals surface area contributed by atoms with E-state index < -0.39 is 0 Å². The third-order valence-corrected chi connectivity index (χ3v) is 5.53. The van der Waals surface area contributed by atoms with Gasteiger partial charge in [0.15, 0.2) is 0 Å². The molecule has 2 heteroatoms. The number of hydrogen-bond acceptors (Lipinski definition) is 1. The van der Waals surface area contributed by atoms with Crippen LogP contribution >= 0.6 is 12.4 Å². The zero-order valence-corrected chi connectivity index (χ0v) is 10.6. The maximum absolute atomic E-state index is 6.49. The zero-order valence-electron chi connectivity index (χ0n) is 9.74. The Morgan fingerprint density at radius 1 is 1.20 bits per heavy atom. The average Bonchev–Trinajstić information content (AvgIpc) is 2.71. The highest BCUT2D eigenvalue weighted by atomic mass is 35.5. The van der Waals surface area contributed by atoms with E-state index in [1.165, 1.54) is 44.9 Å². The number of nitrogens with two attached hydrogens (primary N) is 1. The Morgan fingerprint density at radius 2 is 2.00 bits per heavy atom. The van der Waals surface area contributed by atoms with Crippen LogP contribution in [0.5, 0.6) is 0 Å². The highest BCUT2D eigenvalue weighted by molar-refractivity contribution is 5.85. The minimum absolute atomic E-state index is 0. The Bertz CT molecular complexity index is 239. The molecule has 3 rings (SSSR count). The van der Waals surface area contributed by atoms with Crippen molar-refractivity contribution in [2.45, 2.75) is 57.9 Å². The first-order valence-electron chi connectivity index (χ1n) is 6.48. The van der Waals surface area contributed by atoms with Crippen LogP contribution in [0.4, 0.5) is 0 Å². The molecule has 0 radical (unpaired) electrons. The maximum atomic E-state index is 6.49. The number of rotatable bonds is 0. The minimum atomic E-state index is 0. The second kappa shape index (κ2) is 3.92. The molecule has 3 aliphatic rings. The van der Waals surface area contributed by atoms with Crippen molar-refractivity contribution in [3.63, 3.8) is 0 Å². The van der Waals surface area contributed by atoms with Crippen LogP contribution in [0, 0.1) is 23.2 Å². The summed E-state index contributed by atoms with van der Waals surface area (Å²) in [5.41, 5.74) is 7.09. The first-order valence-corrected chi connectivity index (χ1v) is 6.48. The SMILES string of the molecule is C[C@H]1CCC[C@]2(C1)[C@H]1CC[C@H](C1)[C@H]2N.Cl. The summed E-state index contributed by atoms with van der Waals surface area (Å²) in [4.78, 5) is 0. The average molecular weight is 230 g/mol. The molecule has 3 saturated carbocycles. The van der Waals surface area contributed by atoms with Gasteiger partial charge in [0.1, 0.15) is 0 Å². The molecule has 15 heavy (non-hydrogen) atoms. The molecule has 0 heterocycles. The Labute approximate surface area is 99.6 Å². The van der Waals surface area contributed by atoms with E-state index in [1.807, 2.05) is 0 Å². The normalized spacial score (nSPS) is 53.2. The second-order valence-electron chi connectivity index (χ2n) is 6.23. The Balaban J connectivity index is 0.000000853. The van der Waals surface area contributed by atoms with E-state index in [-0.39, 0.29) is 12.4 Å². The largest absolute Gasteiger partial charge is 0.327 e. The number of fused-ring (bicyclic) bond motifs is 3. The summed E-state index contributed by atoms with van der Waals surface area (Å²) in [5.74, 6) is 2.84. The molecule has 0 aliphatic heterocycles. The summed E-state index contributed by atoms with van der Waals surface area (Å²) in [5, 5.41) is 0. The van der Waals surface area contributed by atoms with Crippen LogP contribution in [-0.4, -0.2) is 6.04 Å². The van der Waals surface area contributed by atoms with Crippen LogP contribution in [-0.2, 0) is 0 Å². The van der Waals surface area contributed by atoms with Gasteiger partial charge in [0.25, 0.3) is 0 Å². The van der Waals surface area contributed by atoms with Crippen molar-refractivity contribution in [1.82, 2.24) is 0 Å². The van der Waals surface area contributed by atoms with Gasteiger partial charge >= 0.3 is 0 Å². The Morgan fingerprint density at radius 3 is 2.60 bits per heavy atom. The molecule has 3 aliphatic carbocycles. The third kappa shape index (κ3) is 1.54. The lowest BCUT2D eigenvalue weighted by atomic mass is 9.60. The van der Waals surface area contributed by atoms with Gasteiger partial charge in [0, 0.05) is 6.04 Å². The van der Waals surface area contributed by atoms with E-state index >= 15 is 0 Å². The molecule has 5 atom stereocenters. The fraction of sp³-hybridized carbons (Fsp3) is 1.00. The van der Waals surface area contributed by atoms with Crippen LogP contribution in [0.2, 0.25) is 0 Å². The van der Waals surface area contributed by atoms with Crippen LogP contribution in [0.15, 0.2) is 0 Å². The van der Waals surface area contributed by atoms with Crippen LogP contribution in [0.1, 0.15) is 51.9 Å². The zero-order chi connectivity index (χ0) is 9.76. The highest BCUT2D eigenvalue weighted by Crippen LogP contribution is 2.61. The van der Waals surface area contributed by atoms with E-state index in [1.54, 1.807) is 0 Å². The van der Waals surface area contributed by atoms with Gasteiger partial charge in [0.05, 0.1) is 0 Å². The smallest absolute Gasteiger partial charge is 0.0127 e. The molecular weight excluding hydrogens is 206 g/mol. The summed E-state index contributed by atoms with van der Waals surface area (Å²) >= 11 is 0. The molecule has 0 aromatic rings. The predicted octanol–water partition coefficient (Wildman–Crippen LogP) is 3.36. The molecule has 1 nitrogen and oxygen atoms in total. The molecule has 0 aromatic carbocycles. The fourth-order valence-electron chi connectivity index (χ4n) is 4.91. The maximum Gasteiger partial charge on any atom is 0.0127 e. The first kappa shape index (κ1) is 11.7. The molecule has 0 amide bonds. The first-order chi connectivity index (χ1) is 6.72. The van der Waals surface area contributed by atoms with Crippen LogP contribution < -0.4 is 5.73 Å². The molecule has 0 aromatic heterocycles. The fourth-order valence-corrected chi connectivity index (χ4v) is 4.91. The van der Waals surface area contributed by atoms with E-state index in [2.05, 4.69) is 6.92 Å². The third-order valence-electron chi connectivity index (χ3n) is 5.53. The van der Waals surface area contributed by atoms with Gasteiger partial charge in [-0.15, -0.1) is 12.4 Å². The summed E-state index contributed by atoms with van der Waals surface area (Å²) in [6.45, 7) is 2.43. The van der Waals surface area contributed by atoms with Crippen molar-refractivity contribution in [3.05, 3.63) is 0 Å². The van der Waals surface area contributed by atoms with E-state index in [0.29, 0.717) is 11.5 Å². The summed E-state index contributed by atoms with van der Waals surface area (Å²) in [7, 11) is 0. The van der Waals surface area contributed by atoms with Crippen molar-refractivity contribution < 1.29 is 0 Å². The summed E-state index contributed by atoms with van der Waals surface area (Å²) in [6, 6.07) is 0.559. The lowest BCUT2D eigenvalue weighted by molar-refractivity contribution is 0.0531. The molecule has 1 spiro atoms. The lowest BCUT2D eigenvalue weighted by Crippen LogP contribution is -2.48. The lowest BCUT2D eigenvalue weighted by Gasteiger charge is -2.47. The summed E-state index contributed by atoms with van der Waals surface area (Å²) < 4.78 is 0. The van der Waals surface area contributed by atoms with Crippen molar-refractivity contribution >= 4 is 12.4 Å². The predicted molar refractivity (Wildman–Crippen MR) is 66.1 cm³/mol. The quantitative estimate of drug-likeness (QED) is 0.677. The minimum Gasteiger partial charge on any atom is -0.327 e. The van der Waals surface area contributed by atoms with Gasteiger partial charge in [-0.1, -0.05) is 19.8 Å². The van der Waals surface area contributed by atoms with Gasteiger partial charge in [-0.25, -0.2) is 0 Å². The molecule has 2 bridgehead atoms. The van der Waals surface area contributed by atoms with Crippen molar-refractivity contribution in [2.75, 3.05) is 0 Å². The monoisotopic (exact) mass is 229 g/mol. The summed E-state index contributed by atoms with van der Waals surface area (Å²) in [6.07, 6.45) is 10.2. The molecule has 88 valence electrons. The molecule has 3 fully saturated rings. The van der Waals surface area contributed by atoms with Crippen molar-refractivity contribution in [2.24, 2.45) is 28.9 Å². The van der Waals surface area contributed by atoms with Gasteiger partial charge in [-0.3, -0.25) is 0 Å². The molecule has 2 N–H and O–H groups in total.